The zero-order chi connectivity index (χ0) is 14.8. The van der Waals surface area contributed by atoms with E-state index in [1.165, 1.54) is 4.90 Å². The van der Waals surface area contributed by atoms with E-state index in [-0.39, 0.29) is 19.5 Å². The highest BCUT2D eigenvalue weighted by Crippen LogP contribution is 2.28. The summed E-state index contributed by atoms with van der Waals surface area (Å²) in [6.07, 6.45) is -0.873. The van der Waals surface area contributed by atoms with Crippen LogP contribution in [0.15, 0.2) is 0 Å². The number of carboxylic acids is 2. The Morgan fingerprint density at radius 1 is 1.21 bits per heavy atom. The molecule has 2 atom stereocenters. The van der Waals surface area contributed by atoms with Gasteiger partial charge in [-0.25, -0.2) is 4.79 Å². The molecule has 108 valence electrons. The number of carbonyl (C=O) groups excluding carboxylic acids is 1. The summed E-state index contributed by atoms with van der Waals surface area (Å²) >= 11 is 0. The second-order valence-corrected chi connectivity index (χ2v) is 5.69. The summed E-state index contributed by atoms with van der Waals surface area (Å²) in [7, 11) is 0. The van der Waals surface area contributed by atoms with Crippen LogP contribution in [0.1, 0.15) is 27.2 Å². The second-order valence-electron chi connectivity index (χ2n) is 5.69. The Labute approximate surface area is 111 Å². The molecule has 19 heavy (non-hydrogen) atoms. The van der Waals surface area contributed by atoms with Crippen LogP contribution in [0, 0.1) is 11.8 Å². The van der Waals surface area contributed by atoms with E-state index < -0.39 is 35.5 Å². The van der Waals surface area contributed by atoms with Crippen LogP contribution in [0.5, 0.6) is 0 Å². The van der Waals surface area contributed by atoms with E-state index in [0.29, 0.717) is 0 Å². The summed E-state index contributed by atoms with van der Waals surface area (Å²) in [4.78, 5) is 34.9. The zero-order valence-corrected chi connectivity index (χ0v) is 11.3. The summed E-state index contributed by atoms with van der Waals surface area (Å²) in [6, 6.07) is 0. The first kappa shape index (κ1) is 15.3. The van der Waals surface area contributed by atoms with Gasteiger partial charge in [0.25, 0.3) is 0 Å². The Balaban J connectivity index is 2.72. The maximum Gasteiger partial charge on any atom is 0.410 e. The molecular formula is C12H19NO6. The first-order valence-corrected chi connectivity index (χ1v) is 6.02. The molecule has 0 aromatic heterocycles. The summed E-state index contributed by atoms with van der Waals surface area (Å²) in [5.41, 5.74) is -0.666. The number of ether oxygens (including phenoxy) is 1. The molecule has 1 heterocycles. The van der Waals surface area contributed by atoms with Crippen LogP contribution >= 0.6 is 0 Å². The van der Waals surface area contributed by atoms with Crippen molar-refractivity contribution in [3.8, 4) is 0 Å². The van der Waals surface area contributed by atoms with Crippen molar-refractivity contribution in [3.63, 3.8) is 0 Å². The van der Waals surface area contributed by atoms with Crippen molar-refractivity contribution in [1.82, 2.24) is 4.90 Å². The number of carboxylic acid groups (broad SMARTS) is 2. The Hall–Kier alpha value is -1.79. The molecule has 0 bridgehead atoms. The van der Waals surface area contributed by atoms with Crippen molar-refractivity contribution in [3.05, 3.63) is 0 Å². The summed E-state index contributed by atoms with van der Waals surface area (Å²) in [6.45, 7) is 5.22. The van der Waals surface area contributed by atoms with Gasteiger partial charge in [0, 0.05) is 19.0 Å². The third-order valence-electron chi connectivity index (χ3n) is 2.85. The maximum atomic E-state index is 11.8. The number of rotatable bonds is 3. The van der Waals surface area contributed by atoms with E-state index >= 15 is 0 Å². The monoisotopic (exact) mass is 273 g/mol. The first-order valence-electron chi connectivity index (χ1n) is 6.02. The molecule has 2 unspecified atom stereocenters. The highest BCUT2D eigenvalue weighted by Gasteiger charge is 2.41. The minimum absolute atomic E-state index is 0.0117. The molecule has 2 N–H and O–H groups in total. The fraction of sp³-hybridized carbons (Fsp3) is 0.750. The van der Waals surface area contributed by atoms with E-state index in [9.17, 15) is 14.4 Å². The molecule has 1 fully saturated rings. The van der Waals surface area contributed by atoms with Gasteiger partial charge in [-0.2, -0.15) is 0 Å². The van der Waals surface area contributed by atoms with E-state index in [1.807, 2.05) is 0 Å². The maximum absolute atomic E-state index is 11.8. The number of aliphatic carboxylic acids is 2. The number of hydrogen-bond acceptors (Lipinski definition) is 4. The van der Waals surface area contributed by atoms with Gasteiger partial charge in [0.2, 0.25) is 0 Å². The summed E-state index contributed by atoms with van der Waals surface area (Å²) < 4.78 is 5.15. The lowest BCUT2D eigenvalue weighted by atomic mass is 9.93. The third kappa shape index (κ3) is 4.42. The van der Waals surface area contributed by atoms with E-state index in [2.05, 4.69) is 0 Å². The predicted molar refractivity (Wildman–Crippen MR) is 64.7 cm³/mol. The standard InChI is InChI=1S/C12H19NO6/c1-12(2,3)19-11(18)13-5-7(4-9(14)15)8(6-13)10(16)17/h7-8H,4-6H2,1-3H3,(H,14,15)(H,16,17). The van der Waals surface area contributed by atoms with Crippen molar-refractivity contribution >= 4 is 18.0 Å². The molecular weight excluding hydrogens is 254 g/mol. The lowest BCUT2D eigenvalue weighted by molar-refractivity contribution is -0.143. The van der Waals surface area contributed by atoms with Gasteiger partial charge in [0.1, 0.15) is 5.60 Å². The van der Waals surface area contributed by atoms with Crippen molar-refractivity contribution in [2.45, 2.75) is 32.8 Å². The largest absolute Gasteiger partial charge is 0.481 e. The lowest BCUT2D eigenvalue weighted by Gasteiger charge is -2.24. The molecule has 0 aliphatic carbocycles. The van der Waals surface area contributed by atoms with Crippen molar-refractivity contribution in [2.75, 3.05) is 13.1 Å². The second kappa shape index (κ2) is 5.46. The van der Waals surface area contributed by atoms with Crippen LogP contribution in [0.3, 0.4) is 0 Å². The Morgan fingerprint density at radius 2 is 1.79 bits per heavy atom. The average molecular weight is 273 g/mol. The molecule has 1 saturated heterocycles. The van der Waals surface area contributed by atoms with Crippen LogP contribution < -0.4 is 0 Å². The quantitative estimate of drug-likeness (QED) is 0.795. The van der Waals surface area contributed by atoms with Gasteiger partial charge in [0.05, 0.1) is 12.3 Å². The molecule has 7 nitrogen and oxygen atoms in total. The zero-order valence-electron chi connectivity index (χ0n) is 11.3. The SMILES string of the molecule is CC(C)(C)OC(=O)N1CC(CC(=O)O)C(C(=O)O)C1. The van der Waals surface area contributed by atoms with Crippen molar-refractivity contribution < 1.29 is 29.3 Å². The predicted octanol–water partition coefficient (Wildman–Crippen LogP) is 1.03. The topological polar surface area (TPSA) is 104 Å². The van der Waals surface area contributed by atoms with Gasteiger partial charge in [-0.1, -0.05) is 0 Å². The molecule has 1 rings (SSSR count). The number of hydrogen-bond donors (Lipinski definition) is 2. The molecule has 0 saturated carbocycles. The van der Waals surface area contributed by atoms with Gasteiger partial charge in [-0.3, -0.25) is 9.59 Å². The molecule has 0 spiro atoms. The summed E-state index contributed by atoms with van der Waals surface area (Å²) in [5, 5.41) is 17.8. The average Bonchev–Trinajstić information content (AvgIpc) is 2.57. The normalized spacial score (nSPS) is 23.2. The van der Waals surface area contributed by atoms with Crippen LogP contribution in [0.4, 0.5) is 4.79 Å². The molecule has 1 aliphatic rings. The smallest absolute Gasteiger partial charge is 0.410 e. The highest BCUT2D eigenvalue weighted by molar-refractivity contribution is 5.76. The molecule has 7 heteroatoms. The fourth-order valence-electron chi connectivity index (χ4n) is 2.06. The first-order chi connectivity index (χ1) is 8.60. The number of amides is 1. The van der Waals surface area contributed by atoms with Crippen LogP contribution in [-0.4, -0.2) is 51.8 Å². The van der Waals surface area contributed by atoms with Crippen LogP contribution in [-0.2, 0) is 14.3 Å². The number of nitrogens with zero attached hydrogens (tertiary/aromatic N) is 1. The molecule has 0 radical (unpaired) electrons. The van der Waals surface area contributed by atoms with Gasteiger partial charge in [-0.15, -0.1) is 0 Å². The highest BCUT2D eigenvalue weighted by atomic mass is 16.6. The molecule has 1 amide bonds. The Kier molecular flexibility index (Phi) is 4.39. The number of carbonyl (C=O) groups is 3. The fourth-order valence-corrected chi connectivity index (χ4v) is 2.06. The third-order valence-corrected chi connectivity index (χ3v) is 2.85. The Bertz CT molecular complexity index is 386. The van der Waals surface area contributed by atoms with Crippen LogP contribution in [0.2, 0.25) is 0 Å². The molecule has 1 aliphatic heterocycles. The lowest BCUT2D eigenvalue weighted by Crippen LogP contribution is -2.36. The van der Waals surface area contributed by atoms with Crippen LogP contribution in [0.25, 0.3) is 0 Å². The molecule has 0 aromatic carbocycles. The molecule has 0 aromatic rings. The van der Waals surface area contributed by atoms with Gasteiger partial charge >= 0.3 is 18.0 Å². The summed E-state index contributed by atoms with van der Waals surface area (Å²) in [5.74, 6) is -3.59. The van der Waals surface area contributed by atoms with Crippen molar-refractivity contribution in [1.29, 1.82) is 0 Å². The van der Waals surface area contributed by atoms with E-state index in [1.54, 1.807) is 20.8 Å². The Morgan fingerprint density at radius 3 is 2.21 bits per heavy atom. The van der Waals surface area contributed by atoms with Gasteiger partial charge < -0.3 is 19.8 Å². The number of likely N-dealkylation sites (tertiary alicyclic amines) is 1. The minimum Gasteiger partial charge on any atom is -0.481 e. The van der Waals surface area contributed by atoms with Crippen molar-refractivity contribution in [2.24, 2.45) is 11.8 Å². The van der Waals surface area contributed by atoms with Gasteiger partial charge in [0.15, 0.2) is 0 Å². The minimum atomic E-state index is -1.09. The van der Waals surface area contributed by atoms with E-state index in [0.717, 1.165) is 0 Å². The van der Waals surface area contributed by atoms with E-state index in [4.69, 9.17) is 14.9 Å². The van der Waals surface area contributed by atoms with Gasteiger partial charge in [-0.05, 0) is 20.8 Å².